The summed E-state index contributed by atoms with van der Waals surface area (Å²) in [5, 5.41) is 10.4. The van der Waals surface area contributed by atoms with Gasteiger partial charge in [0.1, 0.15) is 0 Å². The first-order chi connectivity index (χ1) is 8.91. The van der Waals surface area contributed by atoms with E-state index in [0.29, 0.717) is 0 Å². The molecule has 6 nitrogen and oxygen atoms in total. The van der Waals surface area contributed by atoms with Crippen LogP contribution in [0, 0.1) is 0 Å². The molecule has 0 saturated carbocycles. The minimum atomic E-state index is -1.71. The van der Waals surface area contributed by atoms with Crippen LogP contribution in [0.15, 0.2) is 38.0 Å². The van der Waals surface area contributed by atoms with Crippen molar-refractivity contribution in [2.75, 3.05) is 19.6 Å². The van der Waals surface area contributed by atoms with E-state index < -0.39 is 17.9 Å². The number of nitrogens with zero attached hydrogens (tertiary/aromatic N) is 3. The van der Waals surface area contributed by atoms with Crippen LogP contribution in [-0.2, 0) is 0 Å². The van der Waals surface area contributed by atoms with E-state index in [0.717, 1.165) is 14.7 Å². The van der Waals surface area contributed by atoms with E-state index >= 15 is 0 Å². The number of hydrogen-bond donors (Lipinski definition) is 1. The largest absolute Gasteiger partial charge is 0.354 e. The second kappa shape index (κ2) is 5.71. The highest BCUT2D eigenvalue weighted by atomic mass is 16.4. The predicted octanol–water partition coefficient (Wildman–Crippen LogP) is 1.37. The Morgan fingerprint density at radius 2 is 1.37 bits per heavy atom. The van der Waals surface area contributed by atoms with Gasteiger partial charge in [-0.2, -0.15) is 0 Å². The molecule has 1 rings (SSSR count). The summed E-state index contributed by atoms with van der Waals surface area (Å²) < 4.78 is 0. The molecule has 0 atom stereocenters. The van der Waals surface area contributed by atoms with E-state index in [4.69, 9.17) is 0 Å². The first kappa shape index (κ1) is 15.0. The minimum Gasteiger partial charge on any atom is -0.354 e. The zero-order valence-electron chi connectivity index (χ0n) is 11.1. The molecule has 0 aromatic carbocycles. The maximum Gasteiger partial charge on any atom is 0.332 e. The van der Waals surface area contributed by atoms with Gasteiger partial charge >= 0.3 is 12.1 Å². The highest BCUT2D eigenvalue weighted by molar-refractivity contribution is 5.96. The van der Waals surface area contributed by atoms with E-state index in [9.17, 15) is 14.7 Å². The van der Waals surface area contributed by atoms with Crippen LogP contribution in [0.3, 0.4) is 0 Å². The second-order valence-electron chi connectivity index (χ2n) is 4.23. The molecule has 0 bridgehead atoms. The van der Waals surface area contributed by atoms with Gasteiger partial charge in [-0.15, -0.1) is 19.7 Å². The predicted molar refractivity (Wildman–Crippen MR) is 72.1 cm³/mol. The Balaban J connectivity index is 3.20. The zero-order chi connectivity index (χ0) is 14.6. The Morgan fingerprint density at radius 1 is 1.00 bits per heavy atom. The van der Waals surface area contributed by atoms with E-state index in [1.807, 2.05) is 0 Å². The molecule has 0 radical (unpaired) electrons. The van der Waals surface area contributed by atoms with Gasteiger partial charge in [0.05, 0.1) is 6.54 Å². The molecule has 1 saturated heterocycles. The fraction of sp³-hybridized carbons (Fsp3) is 0.385. The van der Waals surface area contributed by atoms with Gasteiger partial charge < -0.3 is 5.11 Å². The molecule has 1 aliphatic rings. The maximum absolute atomic E-state index is 12.2. The number of urea groups is 2. The lowest BCUT2D eigenvalue weighted by Gasteiger charge is -2.50. The van der Waals surface area contributed by atoms with Crippen LogP contribution in [0.25, 0.3) is 0 Å². The van der Waals surface area contributed by atoms with Crippen molar-refractivity contribution in [2.24, 2.45) is 0 Å². The molecule has 1 aliphatic heterocycles. The van der Waals surface area contributed by atoms with Crippen molar-refractivity contribution in [3.05, 3.63) is 38.0 Å². The summed E-state index contributed by atoms with van der Waals surface area (Å²) >= 11 is 0. The average Bonchev–Trinajstić information content (AvgIpc) is 2.36. The van der Waals surface area contributed by atoms with Crippen molar-refractivity contribution < 1.29 is 14.7 Å². The number of hydrogen-bond acceptors (Lipinski definition) is 3. The molecule has 1 N–H and O–H groups in total. The highest BCUT2D eigenvalue weighted by Gasteiger charge is 2.49. The van der Waals surface area contributed by atoms with Gasteiger partial charge in [0.2, 0.25) is 5.85 Å². The van der Waals surface area contributed by atoms with Gasteiger partial charge in [-0.05, 0) is 0 Å². The van der Waals surface area contributed by atoms with Gasteiger partial charge in [0, 0.05) is 20.0 Å². The zero-order valence-corrected chi connectivity index (χ0v) is 11.1. The number of rotatable bonds is 6. The van der Waals surface area contributed by atoms with Crippen molar-refractivity contribution in [2.45, 2.75) is 12.8 Å². The molecule has 0 aromatic rings. The third-order valence-electron chi connectivity index (χ3n) is 2.88. The van der Waals surface area contributed by atoms with E-state index in [1.54, 1.807) is 0 Å². The smallest absolute Gasteiger partial charge is 0.332 e. The number of carbonyl (C=O) groups excluding carboxylic acids is 2. The molecular weight excluding hydrogens is 246 g/mol. The SMILES string of the molecule is C=CCN1C(=O)N(CC=C)C(C)(O)N(CC=C)C1=O. The molecule has 0 aromatic heterocycles. The van der Waals surface area contributed by atoms with Crippen molar-refractivity contribution in [1.82, 2.24) is 14.7 Å². The summed E-state index contributed by atoms with van der Waals surface area (Å²) in [4.78, 5) is 27.7. The Hall–Kier alpha value is -2.08. The summed E-state index contributed by atoms with van der Waals surface area (Å²) in [6.07, 6.45) is 4.43. The molecule has 1 heterocycles. The van der Waals surface area contributed by atoms with Crippen LogP contribution in [0.1, 0.15) is 6.92 Å². The Kier molecular flexibility index (Phi) is 4.50. The maximum atomic E-state index is 12.2. The number of aliphatic hydroxyl groups is 1. The quantitative estimate of drug-likeness (QED) is 0.738. The van der Waals surface area contributed by atoms with Crippen LogP contribution in [0.5, 0.6) is 0 Å². The Bertz CT molecular complexity index is 385. The number of amides is 4. The first-order valence-corrected chi connectivity index (χ1v) is 5.87. The summed E-state index contributed by atoms with van der Waals surface area (Å²) in [6.45, 7) is 12.3. The van der Waals surface area contributed by atoms with Gasteiger partial charge in [0.25, 0.3) is 0 Å². The van der Waals surface area contributed by atoms with Gasteiger partial charge in [-0.3, -0.25) is 9.80 Å². The monoisotopic (exact) mass is 265 g/mol. The van der Waals surface area contributed by atoms with E-state index in [-0.39, 0.29) is 19.6 Å². The topological polar surface area (TPSA) is 64.1 Å². The van der Waals surface area contributed by atoms with Crippen LogP contribution < -0.4 is 0 Å². The molecule has 0 spiro atoms. The van der Waals surface area contributed by atoms with Crippen molar-refractivity contribution in [3.8, 4) is 0 Å². The first-order valence-electron chi connectivity index (χ1n) is 5.87. The molecule has 0 aliphatic carbocycles. The second-order valence-corrected chi connectivity index (χ2v) is 4.23. The standard InChI is InChI=1S/C13H19N3O3/c1-5-8-14-11(17)15(9-6-2)13(4,19)16(10-7-3)12(14)18/h5-7,19H,1-3,8-10H2,4H3. The average molecular weight is 265 g/mol. The van der Waals surface area contributed by atoms with Gasteiger partial charge in [-0.1, -0.05) is 18.2 Å². The summed E-state index contributed by atoms with van der Waals surface area (Å²) in [7, 11) is 0. The van der Waals surface area contributed by atoms with Crippen LogP contribution in [0.4, 0.5) is 9.59 Å². The minimum absolute atomic E-state index is 0.0784. The molecule has 6 heteroatoms. The van der Waals surface area contributed by atoms with Crippen LogP contribution in [0.2, 0.25) is 0 Å². The van der Waals surface area contributed by atoms with Gasteiger partial charge in [0.15, 0.2) is 0 Å². The van der Waals surface area contributed by atoms with Crippen molar-refractivity contribution in [3.63, 3.8) is 0 Å². The fourth-order valence-corrected chi connectivity index (χ4v) is 1.93. The highest BCUT2D eigenvalue weighted by Crippen LogP contribution is 2.26. The number of carbonyl (C=O) groups is 2. The molecule has 19 heavy (non-hydrogen) atoms. The van der Waals surface area contributed by atoms with Gasteiger partial charge in [-0.25, -0.2) is 14.5 Å². The third-order valence-corrected chi connectivity index (χ3v) is 2.88. The molecule has 0 unspecified atom stereocenters. The number of imide groups is 1. The van der Waals surface area contributed by atoms with Crippen molar-refractivity contribution in [1.29, 1.82) is 0 Å². The van der Waals surface area contributed by atoms with E-state index in [2.05, 4.69) is 19.7 Å². The van der Waals surface area contributed by atoms with E-state index in [1.165, 1.54) is 25.2 Å². The molecule has 104 valence electrons. The molecule has 4 amide bonds. The lowest BCUT2D eigenvalue weighted by molar-refractivity contribution is -0.172. The van der Waals surface area contributed by atoms with Crippen molar-refractivity contribution >= 4 is 12.1 Å². The third kappa shape index (κ3) is 2.53. The lowest BCUT2D eigenvalue weighted by Crippen LogP contribution is -2.72. The fourth-order valence-electron chi connectivity index (χ4n) is 1.93. The van der Waals surface area contributed by atoms with Crippen LogP contribution >= 0.6 is 0 Å². The molecule has 1 fully saturated rings. The lowest BCUT2D eigenvalue weighted by atomic mass is 10.2. The Morgan fingerprint density at radius 3 is 1.68 bits per heavy atom. The summed E-state index contributed by atoms with van der Waals surface area (Å²) in [6, 6.07) is -1.15. The summed E-state index contributed by atoms with van der Waals surface area (Å²) in [5.41, 5.74) is 0. The normalized spacial score (nSPS) is 18.5. The molecular formula is C13H19N3O3. The Labute approximate surface area is 112 Å². The summed E-state index contributed by atoms with van der Waals surface area (Å²) in [5.74, 6) is -1.71. The van der Waals surface area contributed by atoms with Crippen LogP contribution in [-0.4, -0.2) is 57.4 Å².